The van der Waals surface area contributed by atoms with Crippen molar-refractivity contribution in [3.63, 3.8) is 0 Å². The van der Waals surface area contributed by atoms with E-state index in [-0.39, 0.29) is 6.04 Å². The predicted octanol–water partition coefficient (Wildman–Crippen LogP) is 1.93. The van der Waals surface area contributed by atoms with Crippen LogP contribution in [0.4, 0.5) is 0 Å². The Kier molecular flexibility index (Phi) is 3.68. The third kappa shape index (κ3) is 2.13. The van der Waals surface area contributed by atoms with Crippen LogP contribution in [-0.2, 0) is 6.54 Å². The zero-order valence-electron chi connectivity index (χ0n) is 11.6. The number of aromatic nitrogens is 2. The van der Waals surface area contributed by atoms with E-state index in [1.165, 1.54) is 11.1 Å². The quantitative estimate of drug-likeness (QED) is 0.896. The van der Waals surface area contributed by atoms with E-state index in [9.17, 15) is 0 Å². The van der Waals surface area contributed by atoms with Crippen molar-refractivity contribution in [3.05, 3.63) is 29.6 Å². The van der Waals surface area contributed by atoms with Crippen LogP contribution in [-0.4, -0.2) is 35.1 Å². The monoisotopic (exact) mass is 246 g/mol. The Morgan fingerprint density at radius 2 is 2.11 bits per heavy atom. The molecule has 0 saturated heterocycles. The smallest absolute Gasteiger partial charge is 0.106 e. The lowest BCUT2D eigenvalue weighted by Gasteiger charge is -2.23. The number of hydrogen-bond donors (Lipinski definition) is 1. The van der Waals surface area contributed by atoms with E-state index < -0.39 is 0 Å². The molecule has 4 heteroatoms. The van der Waals surface area contributed by atoms with Crippen molar-refractivity contribution in [1.29, 1.82) is 0 Å². The molecule has 2 rings (SSSR count). The number of benzene rings is 1. The van der Waals surface area contributed by atoms with E-state index >= 15 is 0 Å². The van der Waals surface area contributed by atoms with E-state index in [1.807, 2.05) is 0 Å². The SMILES string of the molecule is CCn1c(C)nc2cc(C(CN)N(C)C)ccc21. The molecule has 2 N–H and O–H groups in total. The molecule has 0 aliphatic carbocycles. The lowest BCUT2D eigenvalue weighted by Crippen LogP contribution is -2.27. The molecule has 0 bridgehead atoms. The molecule has 0 fully saturated rings. The summed E-state index contributed by atoms with van der Waals surface area (Å²) in [6, 6.07) is 6.72. The first-order valence-corrected chi connectivity index (χ1v) is 6.41. The van der Waals surface area contributed by atoms with Crippen LogP contribution in [0.25, 0.3) is 11.0 Å². The van der Waals surface area contributed by atoms with Gasteiger partial charge in [0, 0.05) is 19.1 Å². The summed E-state index contributed by atoms with van der Waals surface area (Å²) in [7, 11) is 4.11. The van der Waals surface area contributed by atoms with Crippen LogP contribution in [0.1, 0.15) is 24.4 Å². The number of nitrogens with zero attached hydrogens (tertiary/aromatic N) is 3. The summed E-state index contributed by atoms with van der Waals surface area (Å²) in [6.07, 6.45) is 0. The molecule has 18 heavy (non-hydrogen) atoms. The maximum Gasteiger partial charge on any atom is 0.106 e. The minimum atomic E-state index is 0.251. The number of aryl methyl sites for hydroxylation is 2. The minimum Gasteiger partial charge on any atom is -0.329 e. The maximum absolute atomic E-state index is 5.84. The van der Waals surface area contributed by atoms with Gasteiger partial charge in [0.05, 0.1) is 11.0 Å². The molecule has 0 spiro atoms. The fourth-order valence-corrected chi connectivity index (χ4v) is 2.52. The van der Waals surface area contributed by atoms with Gasteiger partial charge in [0.15, 0.2) is 0 Å². The highest BCUT2D eigenvalue weighted by Crippen LogP contribution is 2.23. The first-order valence-electron chi connectivity index (χ1n) is 6.41. The normalized spacial score (nSPS) is 13.4. The Morgan fingerprint density at radius 1 is 1.39 bits per heavy atom. The summed E-state index contributed by atoms with van der Waals surface area (Å²) in [4.78, 5) is 6.77. The van der Waals surface area contributed by atoms with Crippen LogP contribution >= 0.6 is 0 Å². The number of hydrogen-bond acceptors (Lipinski definition) is 3. The van der Waals surface area contributed by atoms with Gasteiger partial charge in [-0.3, -0.25) is 0 Å². The summed E-state index contributed by atoms with van der Waals surface area (Å²) < 4.78 is 2.23. The zero-order chi connectivity index (χ0) is 13.3. The van der Waals surface area contributed by atoms with Gasteiger partial charge in [-0.25, -0.2) is 4.98 Å². The molecule has 0 aliphatic heterocycles. The molecule has 1 aromatic heterocycles. The third-order valence-electron chi connectivity index (χ3n) is 3.51. The van der Waals surface area contributed by atoms with Gasteiger partial charge >= 0.3 is 0 Å². The summed E-state index contributed by atoms with van der Waals surface area (Å²) >= 11 is 0. The van der Waals surface area contributed by atoms with E-state index in [4.69, 9.17) is 5.73 Å². The lowest BCUT2D eigenvalue weighted by molar-refractivity contribution is 0.306. The van der Waals surface area contributed by atoms with Gasteiger partial charge in [-0.1, -0.05) is 6.07 Å². The van der Waals surface area contributed by atoms with Gasteiger partial charge in [0.25, 0.3) is 0 Å². The van der Waals surface area contributed by atoms with Crippen LogP contribution in [0, 0.1) is 6.92 Å². The topological polar surface area (TPSA) is 47.1 Å². The number of fused-ring (bicyclic) bond motifs is 1. The van der Waals surface area contributed by atoms with Gasteiger partial charge in [0.2, 0.25) is 0 Å². The summed E-state index contributed by atoms with van der Waals surface area (Å²) in [6.45, 7) is 5.77. The van der Waals surface area contributed by atoms with Crippen LogP contribution in [0.15, 0.2) is 18.2 Å². The Balaban J connectivity index is 2.51. The molecule has 1 heterocycles. The van der Waals surface area contributed by atoms with Gasteiger partial charge in [-0.05, 0) is 45.6 Å². The molecule has 0 radical (unpaired) electrons. The van der Waals surface area contributed by atoms with Gasteiger partial charge < -0.3 is 15.2 Å². The highest BCUT2D eigenvalue weighted by atomic mass is 15.1. The van der Waals surface area contributed by atoms with Crippen LogP contribution < -0.4 is 5.73 Å². The van der Waals surface area contributed by atoms with Gasteiger partial charge in [-0.15, -0.1) is 0 Å². The van der Waals surface area contributed by atoms with Crippen molar-refractivity contribution in [3.8, 4) is 0 Å². The van der Waals surface area contributed by atoms with Crippen molar-refractivity contribution in [2.75, 3.05) is 20.6 Å². The summed E-state index contributed by atoms with van der Waals surface area (Å²) in [5.74, 6) is 1.07. The fourth-order valence-electron chi connectivity index (χ4n) is 2.52. The second kappa shape index (κ2) is 5.08. The largest absolute Gasteiger partial charge is 0.329 e. The van der Waals surface area contributed by atoms with Crippen molar-refractivity contribution < 1.29 is 0 Å². The Hall–Kier alpha value is -1.39. The molecule has 98 valence electrons. The molecule has 2 aromatic rings. The van der Waals surface area contributed by atoms with Crippen LogP contribution in [0.5, 0.6) is 0 Å². The average molecular weight is 246 g/mol. The second-order valence-corrected chi connectivity index (χ2v) is 4.87. The third-order valence-corrected chi connectivity index (χ3v) is 3.51. The van der Waals surface area contributed by atoms with Crippen molar-refractivity contribution in [1.82, 2.24) is 14.5 Å². The molecule has 1 aromatic carbocycles. The molecule has 1 unspecified atom stereocenters. The first-order chi connectivity index (χ1) is 8.58. The number of imidazole rings is 1. The standard InChI is InChI=1S/C14H22N4/c1-5-18-10(2)16-12-8-11(6-7-13(12)18)14(9-15)17(3)4/h6-8,14H,5,9,15H2,1-4H3. The highest BCUT2D eigenvalue weighted by Gasteiger charge is 2.14. The molecule has 0 aliphatic rings. The molecular weight excluding hydrogens is 224 g/mol. The summed E-state index contributed by atoms with van der Waals surface area (Å²) in [5.41, 5.74) is 9.34. The second-order valence-electron chi connectivity index (χ2n) is 4.87. The minimum absolute atomic E-state index is 0.251. The van der Waals surface area contributed by atoms with Gasteiger partial charge in [-0.2, -0.15) is 0 Å². The molecule has 0 amide bonds. The maximum atomic E-state index is 5.84. The Labute approximate surface area is 108 Å². The highest BCUT2D eigenvalue weighted by molar-refractivity contribution is 5.77. The van der Waals surface area contributed by atoms with E-state index in [2.05, 4.69) is 60.6 Å². The van der Waals surface area contributed by atoms with E-state index in [0.717, 1.165) is 17.9 Å². The molecular formula is C14H22N4. The van der Waals surface area contributed by atoms with Crippen molar-refractivity contribution >= 4 is 11.0 Å². The Bertz CT molecular complexity index is 542. The number of likely N-dealkylation sites (N-methyl/N-ethyl adjacent to an activating group) is 1. The number of nitrogens with two attached hydrogens (primary N) is 1. The lowest BCUT2D eigenvalue weighted by atomic mass is 10.1. The average Bonchev–Trinajstić information content (AvgIpc) is 2.64. The van der Waals surface area contributed by atoms with Gasteiger partial charge in [0.1, 0.15) is 5.82 Å². The molecule has 1 atom stereocenters. The summed E-state index contributed by atoms with van der Waals surface area (Å²) in [5, 5.41) is 0. The number of rotatable bonds is 4. The van der Waals surface area contributed by atoms with E-state index in [1.54, 1.807) is 0 Å². The predicted molar refractivity (Wildman–Crippen MR) is 75.6 cm³/mol. The molecule has 4 nitrogen and oxygen atoms in total. The van der Waals surface area contributed by atoms with Crippen molar-refractivity contribution in [2.24, 2.45) is 5.73 Å². The zero-order valence-corrected chi connectivity index (χ0v) is 11.6. The fraction of sp³-hybridized carbons (Fsp3) is 0.500. The van der Waals surface area contributed by atoms with Crippen LogP contribution in [0.3, 0.4) is 0 Å². The van der Waals surface area contributed by atoms with E-state index in [0.29, 0.717) is 6.54 Å². The Morgan fingerprint density at radius 3 is 2.67 bits per heavy atom. The van der Waals surface area contributed by atoms with Crippen LogP contribution in [0.2, 0.25) is 0 Å². The first kappa shape index (κ1) is 13.1. The van der Waals surface area contributed by atoms with Crippen molar-refractivity contribution in [2.45, 2.75) is 26.4 Å². The molecule has 0 saturated carbocycles.